The number of primary amides is 1. The zero-order valence-electron chi connectivity index (χ0n) is 45.2. The molecule has 4 amide bonds. The van der Waals surface area contributed by atoms with E-state index >= 15 is 0 Å². The molecule has 0 fully saturated rings. The molecule has 12 N–H and O–H groups in total. The van der Waals surface area contributed by atoms with Crippen molar-refractivity contribution in [1.82, 2.24) is 46.4 Å². The number of carbonyl (C=O) groups excluding carboxylic acids is 8. The number of likely N-dealkylation sites (N-methyl/N-ethyl adjacent to an activating group) is 1. The molecule has 0 aliphatic heterocycles. The smallest absolute Gasteiger partial charge is 0.262 e. The van der Waals surface area contributed by atoms with Gasteiger partial charge in [0.15, 0.2) is 17.3 Å². The van der Waals surface area contributed by atoms with E-state index in [0.29, 0.717) is 52.1 Å². The minimum absolute atomic E-state index is 0. The number of H-pyrrole nitrogens is 1. The van der Waals surface area contributed by atoms with Crippen molar-refractivity contribution in [3.05, 3.63) is 82.5 Å². The lowest BCUT2D eigenvalue weighted by atomic mass is 9.93. The molecule has 0 spiro atoms. The summed E-state index contributed by atoms with van der Waals surface area (Å²) in [6.07, 6.45) is 5.80. The maximum absolute atomic E-state index is 13.3. The van der Waals surface area contributed by atoms with E-state index in [4.69, 9.17) is 32.5 Å². The molecule has 0 bridgehead atoms. The molecule has 2 aromatic heterocycles. The van der Waals surface area contributed by atoms with Gasteiger partial charge >= 0.3 is 0 Å². The summed E-state index contributed by atoms with van der Waals surface area (Å²) in [7, 11) is 1.68. The Kier molecular flexibility index (Phi) is 27.5. The van der Waals surface area contributed by atoms with Crippen molar-refractivity contribution < 1.29 is 52.9 Å². The van der Waals surface area contributed by atoms with E-state index in [-0.39, 0.29) is 113 Å². The first kappa shape index (κ1) is 66.7. The van der Waals surface area contributed by atoms with E-state index in [2.05, 4.69) is 41.9 Å². The number of phenols is 1. The standard InChI is InChI=1S/C31H40ClN5O7.C22H38N6O4.CH4/c1-20-24(25-17-23(38)10-11-27(25)37(20)31(42)21-6-8-22(32)9-7-21)18-28(39)36-13-14-43-15-16-44-19-29(40)35-12-4-3-5-26(34-2)30(33)41;1-8-16(29)20(2,3)26-11-17(30)21(4,5)27-12-18(31)22(6,7)28-19(32)15(23)9-14-10-24-13-25-14;/h6-11,17,26,34,38H,3-5,12-16,18-19H2,1-2H3,(H2,33,41)(H,35,40)(H,36,39);10,13,15,26-27H,8-9,11-12,23H2,1-7H3,(H,24,25)(H,28,32);1H4/t26-;15-;/m00./s1. The van der Waals surface area contributed by atoms with Crippen LogP contribution < -0.4 is 43.4 Å². The van der Waals surface area contributed by atoms with Gasteiger partial charge in [0.1, 0.15) is 12.4 Å². The monoisotopic (exact) mass is 1100 g/mol. The highest BCUT2D eigenvalue weighted by molar-refractivity contribution is 6.30. The number of hydrogen-bond donors (Lipinski definition) is 10. The van der Waals surface area contributed by atoms with Crippen LogP contribution >= 0.6 is 11.6 Å². The molecule has 23 heteroatoms. The maximum Gasteiger partial charge on any atom is 0.262 e. The molecule has 426 valence electrons. The van der Waals surface area contributed by atoms with Crippen molar-refractivity contribution in [2.24, 2.45) is 11.5 Å². The number of Topliss-reactive ketones (excluding diaryl/α,β-unsaturated/α-hetero) is 3. The fourth-order valence-electron chi connectivity index (χ4n) is 7.61. The molecule has 22 nitrogen and oxygen atoms in total. The molecular weight excluding hydrogens is 1010 g/mol. The van der Waals surface area contributed by atoms with Crippen LogP contribution in [0.15, 0.2) is 55.0 Å². The fraction of sp³-hybridized carbons (Fsp3) is 0.537. The predicted molar refractivity (Wildman–Crippen MR) is 295 cm³/mol. The summed E-state index contributed by atoms with van der Waals surface area (Å²) in [5.41, 5.74) is 11.2. The second-order valence-electron chi connectivity index (χ2n) is 19.8. The number of carbonyl (C=O) groups is 8. The van der Waals surface area contributed by atoms with Gasteiger partial charge in [-0.15, -0.1) is 0 Å². The molecule has 0 aliphatic rings. The Morgan fingerprint density at radius 3 is 2.03 bits per heavy atom. The van der Waals surface area contributed by atoms with Crippen LogP contribution in [0.5, 0.6) is 5.75 Å². The van der Waals surface area contributed by atoms with E-state index in [0.717, 1.165) is 18.5 Å². The Morgan fingerprint density at radius 2 is 1.43 bits per heavy atom. The average molecular weight is 1100 g/mol. The molecule has 0 saturated carbocycles. The first-order valence-electron chi connectivity index (χ1n) is 25.2. The van der Waals surface area contributed by atoms with Crippen LogP contribution in [0.2, 0.25) is 5.02 Å². The third kappa shape index (κ3) is 21.5. The van der Waals surface area contributed by atoms with E-state index in [9.17, 15) is 43.5 Å². The van der Waals surface area contributed by atoms with Gasteiger partial charge in [-0.2, -0.15) is 0 Å². The van der Waals surface area contributed by atoms with Gasteiger partial charge in [0.05, 0.1) is 79.9 Å². The number of benzene rings is 2. The molecule has 4 rings (SSSR count). The molecule has 2 heterocycles. The summed E-state index contributed by atoms with van der Waals surface area (Å²) >= 11 is 5.97. The number of nitrogens with one attached hydrogen (secondary N) is 7. The molecule has 0 radical (unpaired) electrons. The summed E-state index contributed by atoms with van der Waals surface area (Å²) < 4.78 is 12.3. The normalized spacial score (nSPS) is 12.4. The second kappa shape index (κ2) is 31.7. The maximum atomic E-state index is 13.3. The van der Waals surface area contributed by atoms with E-state index in [1.165, 1.54) is 17.0 Å². The Labute approximate surface area is 456 Å². The largest absolute Gasteiger partial charge is 0.508 e. The summed E-state index contributed by atoms with van der Waals surface area (Å²) in [6.45, 7) is 14.7. The Bertz CT molecular complexity index is 2600. The number of phenolic OH excluding ortho intramolecular Hbond substituents is 1. The number of halogens is 1. The number of imidazole rings is 1. The molecule has 0 aliphatic carbocycles. The number of unbranched alkanes of at least 4 members (excludes halogenated alkanes) is 1. The summed E-state index contributed by atoms with van der Waals surface area (Å²) in [6, 6.07) is 10.1. The van der Waals surface area contributed by atoms with Crippen LogP contribution in [0.4, 0.5) is 0 Å². The SMILES string of the molecule is C.CCC(=O)C(C)(C)NCC(=O)C(C)(C)NCC(=O)C(C)(C)NC(=O)[C@@H](N)Cc1cnc[nH]1.CN[C@@H](CCCCNC(=O)COCCOCCNC(=O)Cc1c(C)n(C(=O)c2ccc(Cl)cc2)c2ccc(O)cc12)C(N)=O. The Morgan fingerprint density at radius 1 is 0.818 bits per heavy atom. The van der Waals surface area contributed by atoms with E-state index in [1.54, 1.807) is 105 Å². The third-order valence-corrected chi connectivity index (χ3v) is 12.9. The zero-order valence-corrected chi connectivity index (χ0v) is 46.0. The van der Waals surface area contributed by atoms with Gasteiger partial charge < -0.3 is 52.3 Å². The number of hydrogen-bond acceptors (Lipinski definition) is 16. The van der Waals surface area contributed by atoms with Gasteiger partial charge in [0, 0.05) is 59.5 Å². The van der Waals surface area contributed by atoms with Crippen LogP contribution in [0.25, 0.3) is 10.9 Å². The third-order valence-electron chi connectivity index (χ3n) is 12.6. The summed E-state index contributed by atoms with van der Waals surface area (Å²) in [5.74, 6) is -2.07. The number of nitrogens with two attached hydrogens (primary N) is 2. The van der Waals surface area contributed by atoms with Gasteiger partial charge in [0.2, 0.25) is 23.6 Å². The van der Waals surface area contributed by atoms with Crippen molar-refractivity contribution in [3.8, 4) is 5.75 Å². The summed E-state index contributed by atoms with van der Waals surface area (Å²) in [4.78, 5) is 106. The lowest BCUT2D eigenvalue weighted by molar-refractivity contribution is -0.132. The predicted octanol–water partition coefficient (Wildman–Crippen LogP) is 2.71. The van der Waals surface area contributed by atoms with Crippen LogP contribution in [0.3, 0.4) is 0 Å². The van der Waals surface area contributed by atoms with Crippen LogP contribution in [-0.4, -0.2) is 155 Å². The minimum atomic E-state index is -1.18. The van der Waals surface area contributed by atoms with Gasteiger partial charge in [-0.3, -0.25) is 53.6 Å². The highest BCUT2D eigenvalue weighted by Gasteiger charge is 2.35. The van der Waals surface area contributed by atoms with Crippen LogP contribution in [-0.2, 0) is 55.9 Å². The minimum Gasteiger partial charge on any atom is -0.508 e. The number of rotatable bonds is 32. The number of fused-ring (bicyclic) bond motifs is 1. The van der Waals surface area contributed by atoms with Crippen molar-refractivity contribution in [2.75, 3.05) is 59.7 Å². The molecule has 0 saturated heterocycles. The first-order chi connectivity index (χ1) is 35.7. The van der Waals surface area contributed by atoms with Crippen molar-refractivity contribution in [2.45, 2.75) is 130 Å². The highest BCUT2D eigenvalue weighted by atomic mass is 35.5. The number of ketones is 3. The van der Waals surface area contributed by atoms with Gasteiger partial charge in [0.25, 0.3) is 5.91 Å². The number of nitrogens with zero attached hydrogens (tertiary/aromatic N) is 2. The number of aromatic nitrogens is 3. The molecule has 77 heavy (non-hydrogen) atoms. The molecule has 4 aromatic rings. The number of aromatic amines is 1. The molecular formula is C54H82ClN11O11. The average Bonchev–Trinajstić information content (AvgIpc) is 3.98. The number of ether oxygens (including phenoxy) is 2. The molecule has 0 unspecified atom stereocenters. The fourth-order valence-corrected chi connectivity index (χ4v) is 7.74. The summed E-state index contributed by atoms with van der Waals surface area (Å²) in [5, 5.41) is 28.3. The van der Waals surface area contributed by atoms with Gasteiger partial charge in [-0.05, 0) is 123 Å². The second-order valence-corrected chi connectivity index (χ2v) is 20.2. The Balaban J connectivity index is 0.000000547. The molecule has 2 aromatic carbocycles. The molecule has 2 atom stereocenters. The van der Waals surface area contributed by atoms with E-state index in [1.807, 2.05) is 0 Å². The number of amides is 4. The van der Waals surface area contributed by atoms with E-state index < -0.39 is 34.5 Å². The van der Waals surface area contributed by atoms with Crippen LogP contribution in [0, 0.1) is 6.92 Å². The quantitative estimate of drug-likeness (QED) is 0.0314. The lowest BCUT2D eigenvalue weighted by Crippen LogP contribution is -2.60. The van der Waals surface area contributed by atoms with Crippen molar-refractivity contribution in [3.63, 3.8) is 0 Å². The van der Waals surface area contributed by atoms with Crippen LogP contribution in [0.1, 0.15) is 109 Å². The Hall–Kier alpha value is -6.40. The van der Waals surface area contributed by atoms with Crippen molar-refractivity contribution >= 4 is 69.4 Å². The first-order valence-corrected chi connectivity index (χ1v) is 25.6. The van der Waals surface area contributed by atoms with Gasteiger partial charge in [-0.1, -0.05) is 26.0 Å². The van der Waals surface area contributed by atoms with Crippen molar-refractivity contribution in [1.29, 1.82) is 0 Å². The highest BCUT2D eigenvalue weighted by Crippen LogP contribution is 2.30. The van der Waals surface area contributed by atoms with Gasteiger partial charge in [-0.25, -0.2) is 4.98 Å². The lowest BCUT2D eigenvalue weighted by Gasteiger charge is -2.31. The number of aromatic hydroxyl groups is 1. The topological polar surface area (TPSA) is 333 Å². The zero-order chi connectivity index (χ0) is 56.8.